The van der Waals surface area contributed by atoms with Crippen molar-refractivity contribution >= 4 is 35.0 Å². The Balaban J connectivity index is 1.04. The summed E-state index contributed by atoms with van der Waals surface area (Å²) in [7, 11) is 0. The molecule has 304 valence electrons. The van der Waals surface area contributed by atoms with Crippen LogP contribution in [0.25, 0.3) is 21.6 Å². The number of hydrogen-bond acceptors (Lipinski definition) is 8. The van der Waals surface area contributed by atoms with E-state index in [1.807, 2.05) is 106 Å². The quantitative estimate of drug-likeness (QED) is 0.0788. The number of nitrogens with one attached hydrogen (secondary N) is 3. The lowest BCUT2D eigenvalue weighted by Crippen LogP contribution is -2.57. The summed E-state index contributed by atoms with van der Waals surface area (Å²) in [5.41, 5.74) is 6.75. The van der Waals surface area contributed by atoms with E-state index >= 15 is 0 Å². The number of likely N-dealkylation sites (tertiary alicyclic amines) is 1. The van der Waals surface area contributed by atoms with Crippen molar-refractivity contribution in [1.29, 1.82) is 0 Å². The van der Waals surface area contributed by atoms with Gasteiger partial charge >= 0.3 is 0 Å². The molecule has 2 heterocycles. The van der Waals surface area contributed by atoms with Crippen LogP contribution >= 0.6 is 11.3 Å². The number of ether oxygens (including phenoxy) is 1. The number of amides is 4. The van der Waals surface area contributed by atoms with Gasteiger partial charge in [-0.1, -0.05) is 89.1 Å². The number of aliphatic hydroxyl groups excluding tert-OH is 1. The number of unbranched alkanes of at least 4 members (excludes halogenated alkanes) is 3. The molecular weight excluding hydrogens is 739 g/mol. The van der Waals surface area contributed by atoms with Crippen LogP contribution < -0.4 is 20.7 Å². The molecule has 3 atom stereocenters. The Kier molecular flexibility index (Phi) is 15.4. The van der Waals surface area contributed by atoms with E-state index in [0.29, 0.717) is 38.0 Å². The van der Waals surface area contributed by atoms with Crippen molar-refractivity contribution in [2.75, 3.05) is 19.7 Å². The topological polar surface area (TPSA) is 150 Å². The number of thiazole rings is 1. The summed E-state index contributed by atoms with van der Waals surface area (Å²) in [6, 6.07) is 21.6. The standard InChI is InChI=1S/C45H57N5O6S/c1-6-7-25-56-37-22-20-33(21-23-37)32-16-18-35(19-17-32)42(53)46-24-10-8-9-11-39(52)49-41(45(3,4)5)44(55)50-28-36(51)26-38(50)43(54)47-27-31-12-14-34(15-13-31)40-30(2)48-29-57-40/h12-23,29,36,38,41,51H,6-11,24-28H2,1-5H3,(H,46,53)(H,47,54)(H,49,52)/t36-,38+,41-/m1/s1. The number of carbonyl (C=O) groups is 4. The third-order valence-electron chi connectivity index (χ3n) is 10.2. The molecule has 1 aliphatic heterocycles. The van der Waals surface area contributed by atoms with Crippen molar-refractivity contribution in [3.8, 4) is 27.3 Å². The summed E-state index contributed by atoms with van der Waals surface area (Å²) in [4.78, 5) is 60.0. The van der Waals surface area contributed by atoms with Gasteiger partial charge in [-0.15, -0.1) is 11.3 Å². The van der Waals surface area contributed by atoms with E-state index in [9.17, 15) is 24.3 Å². The molecule has 1 fully saturated rings. The average Bonchev–Trinajstić information content (AvgIpc) is 3.82. The van der Waals surface area contributed by atoms with Crippen molar-refractivity contribution in [3.05, 3.63) is 95.1 Å². The van der Waals surface area contributed by atoms with Gasteiger partial charge in [0.05, 0.1) is 28.8 Å². The Hall–Kier alpha value is -5.07. The number of benzene rings is 3. The highest BCUT2D eigenvalue weighted by molar-refractivity contribution is 7.13. The molecule has 0 saturated carbocycles. The van der Waals surface area contributed by atoms with E-state index in [-0.39, 0.29) is 43.7 Å². The highest BCUT2D eigenvalue weighted by Crippen LogP contribution is 2.29. The van der Waals surface area contributed by atoms with Crippen LogP contribution in [0, 0.1) is 12.3 Å². The molecule has 1 saturated heterocycles. The number of aromatic nitrogens is 1. The average molecular weight is 796 g/mol. The molecule has 12 heteroatoms. The molecule has 4 N–H and O–H groups in total. The van der Waals surface area contributed by atoms with Gasteiger partial charge in [-0.25, -0.2) is 4.98 Å². The summed E-state index contributed by atoms with van der Waals surface area (Å²) in [5, 5.41) is 19.4. The summed E-state index contributed by atoms with van der Waals surface area (Å²) >= 11 is 1.58. The maximum Gasteiger partial charge on any atom is 0.251 e. The fourth-order valence-electron chi connectivity index (χ4n) is 6.80. The van der Waals surface area contributed by atoms with E-state index in [1.165, 1.54) is 4.90 Å². The van der Waals surface area contributed by atoms with Gasteiger partial charge < -0.3 is 30.7 Å². The van der Waals surface area contributed by atoms with Gasteiger partial charge in [0.2, 0.25) is 17.7 Å². The van der Waals surface area contributed by atoms with Crippen molar-refractivity contribution < 1.29 is 29.0 Å². The molecule has 0 bridgehead atoms. The second kappa shape index (κ2) is 20.4. The Labute approximate surface area is 340 Å². The zero-order valence-corrected chi connectivity index (χ0v) is 34.6. The van der Waals surface area contributed by atoms with E-state index in [0.717, 1.165) is 51.4 Å². The van der Waals surface area contributed by atoms with Crippen molar-refractivity contribution in [3.63, 3.8) is 0 Å². The smallest absolute Gasteiger partial charge is 0.251 e. The van der Waals surface area contributed by atoms with Crippen LogP contribution in [0.2, 0.25) is 0 Å². The Morgan fingerprint density at radius 1 is 0.895 bits per heavy atom. The van der Waals surface area contributed by atoms with Gasteiger partial charge in [-0.3, -0.25) is 19.2 Å². The lowest BCUT2D eigenvalue weighted by atomic mass is 9.85. The van der Waals surface area contributed by atoms with Gasteiger partial charge in [-0.2, -0.15) is 0 Å². The second-order valence-electron chi connectivity index (χ2n) is 15.8. The van der Waals surface area contributed by atoms with Crippen LogP contribution in [0.5, 0.6) is 5.75 Å². The highest BCUT2D eigenvalue weighted by atomic mass is 32.1. The maximum absolute atomic E-state index is 14.0. The first-order valence-corrected chi connectivity index (χ1v) is 20.9. The Morgan fingerprint density at radius 2 is 1.56 bits per heavy atom. The van der Waals surface area contributed by atoms with Gasteiger partial charge in [0, 0.05) is 38.0 Å². The third-order valence-corrected chi connectivity index (χ3v) is 11.2. The van der Waals surface area contributed by atoms with Crippen LogP contribution in [0.15, 0.2) is 78.3 Å². The summed E-state index contributed by atoms with van der Waals surface area (Å²) in [5.74, 6) is -0.302. The number of hydrogen-bond donors (Lipinski definition) is 4. The lowest BCUT2D eigenvalue weighted by Gasteiger charge is -2.35. The SMILES string of the molecule is CCCCOc1ccc(-c2ccc(C(=O)NCCCCCC(=O)N[C@H](C(=O)N3C[C@H](O)C[C@H]3C(=O)NCc3ccc(-c4scnc4C)cc3)C(C)(C)C)cc2)cc1. The van der Waals surface area contributed by atoms with Crippen LogP contribution in [-0.4, -0.2) is 76.5 Å². The van der Waals surface area contributed by atoms with Crippen LogP contribution in [-0.2, 0) is 20.9 Å². The monoisotopic (exact) mass is 795 g/mol. The molecular formula is C45H57N5O6S. The molecule has 11 nitrogen and oxygen atoms in total. The van der Waals surface area contributed by atoms with E-state index in [4.69, 9.17) is 4.74 Å². The van der Waals surface area contributed by atoms with Crippen molar-refractivity contribution in [1.82, 2.24) is 25.8 Å². The number of rotatable bonds is 18. The van der Waals surface area contributed by atoms with Crippen molar-refractivity contribution in [2.45, 2.75) is 104 Å². The zero-order valence-electron chi connectivity index (χ0n) is 33.8. The Bertz CT molecular complexity index is 1940. The van der Waals surface area contributed by atoms with Gasteiger partial charge in [0.15, 0.2) is 0 Å². The van der Waals surface area contributed by atoms with Crippen LogP contribution in [0.4, 0.5) is 0 Å². The van der Waals surface area contributed by atoms with Gasteiger partial charge in [-0.05, 0) is 78.1 Å². The normalized spacial score (nSPS) is 15.9. The summed E-state index contributed by atoms with van der Waals surface area (Å²) in [6.07, 6.45) is 3.61. The van der Waals surface area contributed by atoms with Crippen LogP contribution in [0.1, 0.15) is 94.3 Å². The molecule has 0 spiro atoms. The van der Waals surface area contributed by atoms with E-state index in [1.54, 1.807) is 11.3 Å². The molecule has 1 aliphatic rings. The number of carbonyl (C=O) groups excluding carboxylic acids is 4. The first kappa shape index (κ1) is 43.1. The minimum absolute atomic E-state index is 0.0149. The second-order valence-corrected chi connectivity index (χ2v) is 16.7. The number of nitrogens with zero attached hydrogens (tertiary/aromatic N) is 2. The minimum atomic E-state index is -0.886. The van der Waals surface area contributed by atoms with Crippen molar-refractivity contribution in [2.24, 2.45) is 5.41 Å². The van der Waals surface area contributed by atoms with Crippen LogP contribution in [0.3, 0.4) is 0 Å². The lowest BCUT2D eigenvalue weighted by molar-refractivity contribution is -0.144. The molecule has 4 amide bonds. The van der Waals surface area contributed by atoms with Gasteiger partial charge in [0.25, 0.3) is 5.91 Å². The Morgan fingerprint density at radius 3 is 2.19 bits per heavy atom. The van der Waals surface area contributed by atoms with E-state index < -0.39 is 29.5 Å². The molecule has 1 aromatic heterocycles. The first-order chi connectivity index (χ1) is 27.3. The molecule has 5 rings (SSSR count). The third kappa shape index (κ3) is 12.2. The molecule has 0 unspecified atom stereocenters. The number of aliphatic hydroxyl groups is 1. The van der Waals surface area contributed by atoms with E-state index in [2.05, 4.69) is 27.9 Å². The minimum Gasteiger partial charge on any atom is -0.494 e. The predicted octanol–water partition coefficient (Wildman–Crippen LogP) is 7.06. The number of β-amino-alcohol motifs (C(OH)–C–C–N with tert-alkyl or cyclic N) is 1. The predicted molar refractivity (Wildman–Crippen MR) is 225 cm³/mol. The molecule has 4 aromatic rings. The maximum atomic E-state index is 14.0. The molecule has 57 heavy (non-hydrogen) atoms. The molecule has 3 aromatic carbocycles. The first-order valence-electron chi connectivity index (χ1n) is 20.0. The fraction of sp³-hybridized carbons (Fsp3) is 0.444. The largest absolute Gasteiger partial charge is 0.494 e. The zero-order chi connectivity index (χ0) is 41.0. The summed E-state index contributed by atoms with van der Waals surface area (Å²) in [6.45, 7) is 11.2. The van der Waals surface area contributed by atoms with Gasteiger partial charge in [0.1, 0.15) is 17.8 Å². The number of aryl methyl sites for hydroxylation is 1. The molecule has 0 aliphatic carbocycles. The summed E-state index contributed by atoms with van der Waals surface area (Å²) < 4.78 is 5.75. The molecule has 0 radical (unpaired) electrons. The fourth-order valence-corrected chi connectivity index (χ4v) is 7.61. The highest BCUT2D eigenvalue weighted by Gasteiger charge is 2.44.